The van der Waals surface area contributed by atoms with Gasteiger partial charge in [-0.25, -0.2) is 8.42 Å². The molecule has 0 heterocycles. The molecule has 0 N–H and O–H groups in total. The first-order valence-corrected chi connectivity index (χ1v) is 11.1. The minimum absolute atomic E-state index is 0.256. The number of hydrogen-bond donors (Lipinski definition) is 0. The van der Waals surface area contributed by atoms with Crippen molar-refractivity contribution >= 4 is 10.1 Å². The Morgan fingerprint density at radius 2 is 1.36 bits per heavy atom. The third kappa shape index (κ3) is 11.3. The van der Waals surface area contributed by atoms with Crippen LogP contribution in [0, 0.1) is 0 Å². The Balaban J connectivity index is 2.28. The van der Waals surface area contributed by atoms with Gasteiger partial charge in [0.1, 0.15) is 0 Å². The average molecular weight is 370 g/mol. The number of aryl methyl sites for hydroxylation is 2. The molecule has 0 unspecified atom stereocenters. The van der Waals surface area contributed by atoms with Crippen LogP contribution in [0.25, 0.3) is 0 Å². The van der Waals surface area contributed by atoms with E-state index in [0.29, 0.717) is 6.42 Å². The van der Waals surface area contributed by atoms with E-state index in [0.717, 1.165) is 30.4 Å². The summed E-state index contributed by atoms with van der Waals surface area (Å²) in [5, 5.41) is 0. The molecule has 0 spiro atoms. The molecule has 0 atom stereocenters. The molecule has 0 fully saturated rings. The van der Waals surface area contributed by atoms with E-state index in [2.05, 4.69) is 45.3 Å². The minimum Gasteiger partial charge on any atom is -0.748 e. The molecule has 144 valence electrons. The zero-order valence-corrected chi connectivity index (χ0v) is 17.0. The molecular formula is C20H35NO3S. The zero-order valence-electron chi connectivity index (χ0n) is 16.2. The van der Waals surface area contributed by atoms with E-state index in [4.69, 9.17) is 0 Å². The first-order valence-electron chi connectivity index (χ1n) is 9.55. The Hall–Kier alpha value is -0.910. The van der Waals surface area contributed by atoms with E-state index in [1.807, 2.05) is 0 Å². The molecule has 0 bridgehead atoms. The van der Waals surface area contributed by atoms with Gasteiger partial charge in [-0.2, -0.15) is 0 Å². The smallest absolute Gasteiger partial charge is 0.0948 e. The van der Waals surface area contributed by atoms with Gasteiger partial charge in [0.25, 0.3) is 0 Å². The van der Waals surface area contributed by atoms with Crippen LogP contribution in [0.15, 0.2) is 24.3 Å². The van der Waals surface area contributed by atoms with Crippen LogP contribution in [0.2, 0.25) is 0 Å². The summed E-state index contributed by atoms with van der Waals surface area (Å²) < 4.78 is 32.8. The third-order valence-corrected chi connectivity index (χ3v) is 5.52. The summed E-state index contributed by atoms with van der Waals surface area (Å²) in [7, 11) is 0.104. The van der Waals surface area contributed by atoms with Gasteiger partial charge in [0, 0.05) is 18.6 Å². The van der Waals surface area contributed by atoms with Crippen molar-refractivity contribution in [2.24, 2.45) is 0 Å². The van der Waals surface area contributed by atoms with Gasteiger partial charge < -0.3 is 9.04 Å². The van der Waals surface area contributed by atoms with Crippen LogP contribution in [-0.2, 0) is 23.0 Å². The summed E-state index contributed by atoms with van der Waals surface area (Å²) in [6.07, 6.45) is 8.91. The molecule has 0 aliphatic heterocycles. The molecule has 1 aromatic rings. The van der Waals surface area contributed by atoms with Crippen molar-refractivity contribution in [1.82, 2.24) is 0 Å². The van der Waals surface area contributed by atoms with Gasteiger partial charge in [0.2, 0.25) is 0 Å². The lowest BCUT2D eigenvalue weighted by atomic mass is 10.0. The normalized spacial score (nSPS) is 12.5. The van der Waals surface area contributed by atoms with E-state index in [-0.39, 0.29) is 5.75 Å². The second kappa shape index (κ2) is 10.9. The summed E-state index contributed by atoms with van der Waals surface area (Å²) in [5.41, 5.74) is 2.79. The van der Waals surface area contributed by atoms with E-state index < -0.39 is 10.1 Å². The van der Waals surface area contributed by atoms with Crippen LogP contribution >= 0.6 is 0 Å². The van der Waals surface area contributed by atoms with Gasteiger partial charge >= 0.3 is 0 Å². The summed E-state index contributed by atoms with van der Waals surface area (Å²) in [5.74, 6) is -0.256. The second-order valence-electron chi connectivity index (χ2n) is 7.73. The van der Waals surface area contributed by atoms with Gasteiger partial charge in [0.05, 0.1) is 37.3 Å². The number of quaternary nitrogens is 1. The lowest BCUT2D eigenvalue weighted by molar-refractivity contribution is -0.890. The van der Waals surface area contributed by atoms with Gasteiger partial charge in [-0.05, 0) is 30.4 Å². The SMILES string of the molecule is CCCCCCc1ccc(CCC[N+](C)(C)CCCS(=O)(=O)[O-])cc1. The summed E-state index contributed by atoms with van der Waals surface area (Å²) in [6, 6.07) is 8.97. The van der Waals surface area contributed by atoms with E-state index in [9.17, 15) is 13.0 Å². The van der Waals surface area contributed by atoms with Gasteiger partial charge in [-0.3, -0.25) is 0 Å². The number of hydrogen-bond acceptors (Lipinski definition) is 3. The number of nitrogens with zero attached hydrogens (tertiary/aromatic N) is 1. The Morgan fingerprint density at radius 3 is 1.88 bits per heavy atom. The Labute approximate surface area is 154 Å². The number of unbranched alkanes of at least 4 members (excludes halogenated alkanes) is 3. The maximum Gasteiger partial charge on any atom is 0.0948 e. The molecule has 5 heteroatoms. The van der Waals surface area contributed by atoms with Crippen molar-refractivity contribution in [2.45, 2.75) is 58.3 Å². The highest BCUT2D eigenvalue weighted by Crippen LogP contribution is 2.12. The maximum absolute atomic E-state index is 10.7. The van der Waals surface area contributed by atoms with Gasteiger partial charge in [0.15, 0.2) is 0 Å². The molecule has 1 rings (SSSR count). The predicted octanol–water partition coefficient (Wildman–Crippen LogP) is 3.75. The van der Waals surface area contributed by atoms with Crippen molar-refractivity contribution in [1.29, 1.82) is 0 Å². The van der Waals surface area contributed by atoms with Crippen molar-refractivity contribution in [3.63, 3.8) is 0 Å². The molecule has 25 heavy (non-hydrogen) atoms. The van der Waals surface area contributed by atoms with Gasteiger partial charge in [-0.1, -0.05) is 50.5 Å². The predicted molar refractivity (Wildman–Crippen MR) is 104 cm³/mol. The molecule has 0 saturated heterocycles. The summed E-state index contributed by atoms with van der Waals surface area (Å²) >= 11 is 0. The van der Waals surface area contributed by atoms with Crippen LogP contribution in [0.3, 0.4) is 0 Å². The fourth-order valence-electron chi connectivity index (χ4n) is 3.12. The molecule has 0 aromatic heterocycles. The minimum atomic E-state index is -4.08. The monoisotopic (exact) mass is 369 g/mol. The Bertz CT molecular complexity index is 579. The van der Waals surface area contributed by atoms with E-state index in [1.54, 1.807) is 0 Å². The molecule has 0 aliphatic carbocycles. The quantitative estimate of drug-likeness (QED) is 0.302. The molecule has 0 aliphatic rings. The van der Waals surface area contributed by atoms with Crippen LogP contribution in [-0.4, -0.2) is 50.4 Å². The Morgan fingerprint density at radius 1 is 0.840 bits per heavy atom. The van der Waals surface area contributed by atoms with Crippen LogP contribution < -0.4 is 0 Å². The number of rotatable bonds is 13. The van der Waals surface area contributed by atoms with E-state index >= 15 is 0 Å². The van der Waals surface area contributed by atoms with Crippen molar-refractivity contribution in [3.8, 4) is 0 Å². The molecule has 0 saturated carbocycles. The van der Waals surface area contributed by atoms with Crippen molar-refractivity contribution < 1.29 is 17.5 Å². The average Bonchev–Trinajstić information content (AvgIpc) is 2.51. The molecule has 0 amide bonds. The molecule has 0 radical (unpaired) electrons. The Kier molecular flexibility index (Phi) is 9.69. The first-order chi connectivity index (χ1) is 11.7. The lowest BCUT2D eigenvalue weighted by Crippen LogP contribution is -2.42. The molecule has 4 nitrogen and oxygen atoms in total. The van der Waals surface area contributed by atoms with Crippen LogP contribution in [0.1, 0.15) is 56.6 Å². The second-order valence-corrected chi connectivity index (χ2v) is 9.25. The van der Waals surface area contributed by atoms with Crippen molar-refractivity contribution in [3.05, 3.63) is 35.4 Å². The zero-order chi connectivity index (χ0) is 18.8. The van der Waals surface area contributed by atoms with Crippen LogP contribution in [0.4, 0.5) is 0 Å². The lowest BCUT2D eigenvalue weighted by Gasteiger charge is -2.30. The largest absolute Gasteiger partial charge is 0.748 e. The van der Waals surface area contributed by atoms with Gasteiger partial charge in [-0.15, -0.1) is 0 Å². The topological polar surface area (TPSA) is 57.2 Å². The molecular weight excluding hydrogens is 334 g/mol. The molecule has 1 aromatic carbocycles. The van der Waals surface area contributed by atoms with E-state index in [1.165, 1.54) is 43.2 Å². The van der Waals surface area contributed by atoms with Crippen LogP contribution in [0.5, 0.6) is 0 Å². The fraction of sp³-hybridized carbons (Fsp3) is 0.700. The highest BCUT2D eigenvalue weighted by Gasteiger charge is 2.14. The summed E-state index contributed by atoms with van der Waals surface area (Å²) in [4.78, 5) is 0. The fourth-order valence-corrected chi connectivity index (χ4v) is 3.60. The first kappa shape index (κ1) is 22.1. The summed E-state index contributed by atoms with van der Waals surface area (Å²) in [6.45, 7) is 3.94. The standard InChI is InChI=1S/C20H35NO3S/c1-4-5-6-7-10-19-12-14-20(15-13-19)11-8-16-21(2,3)17-9-18-25(22,23)24/h12-15H,4-11,16-18H2,1-3H3. The highest BCUT2D eigenvalue weighted by atomic mass is 32.2. The third-order valence-electron chi connectivity index (χ3n) is 4.73. The maximum atomic E-state index is 10.7. The highest BCUT2D eigenvalue weighted by molar-refractivity contribution is 7.85. The van der Waals surface area contributed by atoms with Crippen molar-refractivity contribution in [2.75, 3.05) is 32.9 Å². The number of benzene rings is 1.